The molecule has 0 atom stereocenters. The first-order valence-corrected chi connectivity index (χ1v) is 5.60. The predicted molar refractivity (Wildman–Crippen MR) is 58.8 cm³/mol. The Hall–Kier alpha value is -1.38. The van der Waals surface area contributed by atoms with Gasteiger partial charge < -0.3 is 5.11 Å². The zero-order valence-corrected chi connectivity index (χ0v) is 9.08. The molecular formula is C13H15FO2. The lowest BCUT2D eigenvalue weighted by Gasteiger charge is -2.27. The van der Waals surface area contributed by atoms with Crippen molar-refractivity contribution < 1.29 is 14.3 Å². The maximum absolute atomic E-state index is 13.2. The summed E-state index contributed by atoms with van der Waals surface area (Å²) in [6.07, 6.45) is 3.87. The van der Waals surface area contributed by atoms with Crippen molar-refractivity contribution in [3.05, 3.63) is 35.6 Å². The molecule has 16 heavy (non-hydrogen) atoms. The van der Waals surface area contributed by atoms with E-state index < -0.39 is 5.97 Å². The van der Waals surface area contributed by atoms with Gasteiger partial charge in [-0.05, 0) is 30.5 Å². The van der Waals surface area contributed by atoms with Gasteiger partial charge in [0.25, 0.3) is 0 Å². The standard InChI is InChI=1S/C13H15FO2/c14-11-5-3-4-10(8-11)13(9-12(15)16)6-1-2-7-13/h3-5,8H,1-2,6-7,9H2,(H,15,16). The second-order valence-corrected chi connectivity index (χ2v) is 4.57. The minimum absolute atomic E-state index is 0.108. The van der Waals surface area contributed by atoms with Gasteiger partial charge in [-0.1, -0.05) is 25.0 Å². The Labute approximate surface area is 94.1 Å². The normalized spacial score (nSPS) is 18.6. The van der Waals surface area contributed by atoms with Crippen molar-refractivity contribution in [2.75, 3.05) is 0 Å². The number of hydrogen-bond acceptors (Lipinski definition) is 1. The molecule has 0 aromatic heterocycles. The summed E-state index contributed by atoms with van der Waals surface area (Å²) in [4.78, 5) is 10.9. The minimum Gasteiger partial charge on any atom is -0.481 e. The van der Waals surface area contributed by atoms with Gasteiger partial charge in [0.2, 0.25) is 0 Å². The Kier molecular flexibility index (Phi) is 2.95. The molecule has 1 aliphatic rings. The third-order valence-electron chi connectivity index (χ3n) is 3.49. The van der Waals surface area contributed by atoms with Crippen LogP contribution in [0.5, 0.6) is 0 Å². The van der Waals surface area contributed by atoms with Crippen LogP contribution in [0.4, 0.5) is 4.39 Å². The van der Waals surface area contributed by atoms with E-state index in [1.165, 1.54) is 12.1 Å². The smallest absolute Gasteiger partial charge is 0.304 e. The van der Waals surface area contributed by atoms with Gasteiger partial charge in [0.05, 0.1) is 6.42 Å². The highest BCUT2D eigenvalue weighted by Gasteiger charge is 2.37. The number of aliphatic carboxylic acids is 1. The number of hydrogen-bond donors (Lipinski definition) is 1. The van der Waals surface area contributed by atoms with Crippen molar-refractivity contribution in [1.29, 1.82) is 0 Å². The van der Waals surface area contributed by atoms with E-state index in [-0.39, 0.29) is 17.7 Å². The van der Waals surface area contributed by atoms with Gasteiger partial charge in [-0.3, -0.25) is 4.79 Å². The molecule has 1 aromatic rings. The SMILES string of the molecule is O=C(O)CC1(c2cccc(F)c2)CCCC1. The molecule has 2 rings (SSSR count). The quantitative estimate of drug-likeness (QED) is 0.853. The lowest BCUT2D eigenvalue weighted by atomic mass is 9.76. The Morgan fingerprint density at radius 2 is 2.06 bits per heavy atom. The third-order valence-corrected chi connectivity index (χ3v) is 3.49. The molecule has 1 aromatic carbocycles. The summed E-state index contributed by atoms with van der Waals surface area (Å²) in [5.74, 6) is -1.08. The molecule has 0 spiro atoms. The van der Waals surface area contributed by atoms with E-state index >= 15 is 0 Å². The molecular weight excluding hydrogens is 207 g/mol. The van der Waals surface area contributed by atoms with Gasteiger partial charge in [-0.15, -0.1) is 0 Å². The van der Waals surface area contributed by atoms with Crippen LogP contribution in [0, 0.1) is 5.82 Å². The van der Waals surface area contributed by atoms with Crippen LogP contribution in [0.3, 0.4) is 0 Å². The third kappa shape index (κ3) is 2.08. The van der Waals surface area contributed by atoms with Crippen molar-refractivity contribution in [2.24, 2.45) is 0 Å². The summed E-state index contributed by atoms with van der Waals surface area (Å²) in [6, 6.07) is 6.38. The highest BCUT2D eigenvalue weighted by atomic mass is 19.1. The van der Waals surface area contributed by atoms with E-state index in [4.69, 9.17) is 5.11 Å². The van der Waals surface area contributed by atoms with Crippen LogP contribution in [0.2, 0.25) is 0 Å². The molecule has 2 nitrogen and oxygen atoms in total. The van der Waals surface area contributed by atoms with Gasteiger partial charge in [0.1, 0.15) is 5.82 Å². The number of carbonyl (C=O) groups is 1. The maximum Gasteiger partial charge on any atom is 0.304 e. The molecule has 0 radical (unpaired) electrons. The molecule has 1 N–H and O–H groups in total. The lowest BCUT2D eigenvalue weighted by molar-refractivity contribution is -0.138. The van der Waals surface area contributed by atoms with Crippen LogP contribution in [0.1, 0.15) is 37.7 Å². The largest absolute Gasteiger partial charge is 0.481 e. The van der Waals surface area contributed by atoms with Crippen LogP contribution in [-0.2, 0) is 10.2 Å². The number of benzene rings is 1. The molecule has 0 aliphatic heterocycles. The van der Waals surface area contributed by atoms with Crippen molar-refractivity contribution in [3.63, 3.8) is 0 Å². The molecule has 1 fully saturated rings. The maximum atomic E-state index is 13.2. The van der Waals surface area contributed by atoms with Crippen molar-refractivity contribution >= 4 is 5.97 Å². The second kappa shape index (κ2) is 4.24. The average molecular weight is 222 g/mol. The minimum atomic E-state index is -0.800. The van der Waals surface area contributed by atoms with Gasteiger partial charge in [0.15, 0.2) is 0 Å². The highest BCUT2D eigenvalue weighted by Crippen LogP contribution is 2.43. The topological polar surface area (TPSA) is 37.3 Å². The molecule has 0 amide bonds. The van der Waals surface area contributed by atoms with E-state index in [1.807, 2.05) is 6.07 Å². The van der Waals surface area contributed by atoms with Crippen LogP contribution in [0.15, 0.2) is 24.3 Å². The van der Waals surface area contributed by atoms with E-state index in [0.29, 0.717) is 0 Å². The fourth-order valence-electron chi connectivity index (χ4n) is 2.73. The highest BCUT2D eigenvalue weighted by molar-refractivity contribution is 5.69. The molecule has 0 unspecified atom stereocenters. The Bertz CT molecular complexity index is 395. The van der Waals surface area contributed by atoms with E-state index in [9.17, 15) is 9.18 Å². The molecule has 1 saturated carbocycles. The molecule has 86 valence electrons. The monoisotopic (exact) mass is 222 g/mol. The average Bonchev–Trinajstić information content (AvgIpc) is 2.66. The Morgan fingerprint density at radius 1 is 1.38 bits per heavy atom. The van der Waals surface area contributed by atoms with Crippen LogP contribution in [-0.4, -0.2) is 11.1 Å². The summed E-state index contributed by atoms with van der Waals surface area (Å²) < 4.78 is 13.2. The molecule has 1 aliphatic carbocycles. The van der Waals surface area contributed by atoms with E-state index in [1.54, 1.807) is 6.07 Å². The number of carboxylic acids is 1. The van der Waals surface area contributed by atoms with Gasteiger partial charge in [-0.2, -0.15) is 0 Å². The summed E-state index contributed by atoms with van der Waals surface area (Å²) in [5.41, 5.74) is 0.501. The summed E-state index contributed by atoms with van der Waals surface area (Å²) >= 11 is 0. The Balaban J connectivity index is 2.35. The first-order valence-electron chi connectivity index (χ1n) is 5.60. The van der Waals surface area contributed by atoms with E-state index in [2.05, 4.69) is 0 Å². The Morgan fingerprint density at radius 3 is 2.62 bits per heavy atom. The molecule has 0 saturated heterocycles. The molecule has 3 heteroatoms. The first-order chi connectivity index (χ1) is 7.62. The van der Waals surface area contributed by atoms with Crippen molar-refractivity contribution in [3.8, 4) is 0 Å². The second-order valence-electron chi connectivity index (χ2n) is 4.57. The van der Waals surface area contributed by atoms with Crippen molar-refractivity contribution in [1.82, 2.24) is 0 Å². The lowest BCUT2D eigenvalue weighted by Crippen LogP contribution is -2.26. The zero-order valence-electron chi connectivity index (χ0n) is 9.08. The number of halogens is 1. The summed E-state index contributed by atoms with van der Waals surface area (Å²) in [6.45, 7) is 0. The first kappa shape index (κ1) is 11.1. The van der Waals surface area contributed by atoms with Crippen LogP contribution in [0.25, 0.3) is 0 Å². The number of carboxylic acid groups (broad SMARTS) is 1. The summed E-state index contributed by atoms with van der Waals surface area (Å²) in [7, 11) is 0. The summed E-state index contributed by atoms with van der Waals surface area (Å²) in [5, 5.41) is 8.98. The van der Waals surface area contributed by atoms with Gasteiger partial charge in [0, 0.05) is 5.41 Å². The zero-order chi connectivity index (χ0) is 11.6. The molecule has 0 heterocycles. The van der Waals surface area contributed by atoms with Gasteiger partial charge >= 0.3 is 5.97 Å². The fourth-order valence-corrected chi connectivity index (χ4v) is 2.73. The van der Waals surface area contributed by atoms with Gasteiger partial charge in [-0.25, -0.2) is 4.39 Å². The fraction of sp³-hybridized carbons (Fsp3) is 0.462. The number of rotatable bonds is 3. The predicted octanol–water partition coefficient (Wildman–Crippen LogP) is 3.11. The van der Waals surface area contributed by atoms with Crippen LogP contribution < -0.4 is 0 Å². The van der Waals surface area contributed by atoms with Crippen LogP contribution >= 0.6 is 0 Å². The molecule has 0 bridgehead atoms. The van der Waals surface area contributed by atoms with Crippen molar-refractivity contribution in [2.45, 2.75) is 37.5 Å². The van der Waals surface area contributed by atoms with E-state index in [0.717, 1.165) is 31.2 Å².